The minimum Gasteiger partial charge on any atom is -0.262 e. The number of alkyl halides is 3. The molecule has 0 aliphatic carbocycles. The molecule has 204 valence electrons. The van der Waals surface area contributed by atoms with Gasteiger partial charge in [0.1, 0.15) is 5.69 Å². The molecular weight excluding hydrogens is 549 g/mol. The molecule has 0 N–H and O–H groups in total. The third-order valence-electron chi connectivity index (χ3n) is 7.73. The van der Waals surface area contributed by atoms with Gasteiger partial charge < -0.3 is 0 Å². The highest BCUT2D eigenvalue weighted by Crippen LogP contribution is 2.36. The van der Waals surface area contributed by atoms with Crippen LogP contribution in [0.25, 0.3) is 65.3 Å². The normalized spacial score (nSPS) is 12.9. The summed E-state index contributed by atoms with van der Waals surface area (Å²) < 4.78 is 40.0. The van der Waals surface area contributed by atoms with E-state index in [1.807, 2.05) is 67.8 Å². The lowest BCUT2D eigenvalue weighted by Crippen LogP contribution is -2.07. The second-order valence-corrected chi connectivity index (χ2v) is 10.2. The van der Waals surface area contributed by atoms with Crippen molar-refractivity contribution in [3.63, 3.8) is 0 Å². The summed E-state index contributed by atoms with van der Waals surface area (Å²) in [6.45, 7) is 1.93. The summed E-state index contributed by atoms with van der Waals surface area (Å²) in [7, 11) is 0. The van der Waals surface area contributed by atoms with Crippen molar-refractivity contribution in [2.45, 2.75) is 13.1 Å². The van der Waals surface area contributed by atoms with Gasteiger partial charge in [0.15, 0.2) is 0 Å². The Morgan fingerprint density at radius 2 is 1.02 bits per heavy atom. The maximum absolute atomic E-state index is 13.3. The Morgan fingerprint density at radius 1 is 0.558 bits per heavy atom. The van der Waals surface area contributed by atoms with E-state index in [0.717, 1.165) is 66.8 Å². The van der Waals surface area contributed by atoms with Crippen molar-refractivity contribution >= 4 is 43.1 Å². The van der Waals surface area contributed by atoms with Crippen molar-refractivity contribution in [1.82, 2.24) is 9.97 Å². The molecule has 2 heterocycles. The Bertz CT molecular complexity index is 2490. The quantitative estimate of drug-likeness (QED) is 0.204. The zero-order valence-electron chi connectivity index (χ0n) is 22.4. The summed E-state index contributed by atoms with van der Waals surface area (Å²) in [6.07, 6.45) is 2.13. The summed E-state index contributed by atoms with van der Waals surface area (Å²) in [5.41, 5.74) is 2.74. The molecule has 0 atom stereocenters. The zero-order valence-corrected chi connectivity index (χ0v) is 22.4. The number of hydrogen-bond donors (Lipinski definition) is 0. The Labute approximate surface area is 241 Å². The Kier molecular flexibility index (Phi) is 5.79. The average molecular weight is 567 g/mol. The fourth-order valence-electron chi connectivity index (χ4n) is 5.87. The number of fused-ring (bicyclic) bond motifs is 6. The standard InChI is InChI=1S/C34H17F3N6/c1-18-10-21(6-8-40-18)19-2-4-23-25-14-30-26(15-29(25)32(42-16-38)27(23)11-19)24-5-3-20(12-28(24)33(30)43-17-39)22-7-9-41-31(13-22)34(35,36)37/h2-15H,1H3. The van der Waals surface area contributed by atoms with E-state index in [-0.39, 0.29) is 0 Å². The van der Waals surface area contributed by atoms with Crippen molar-refractivity contribution < 1.29 is 13.2 Å². The number of benzene rings is 3. The Morgan fingerprint density at radius 3 is 1.51 bits per heavy atom. The fraction of sp³-hybridized carbons (Fsp3) is 0.0588. The molecule has 7 aromatic rings. The van der Waals surface area contributed by atoms with Crippen molar-refractivity contribution in [3.05, 3.63) is 107 Å². The number of rotatable bonds is 2. The summed E-state index contributed by atoms with van der Waals surface area (Å²) >= 11 is 0. The predicted molar refractivity (Wildman–Crippen MR) is 157 cm³/mol. The second-order valence-electron chi connectivity index (χ2n) is 10.2. The van der Waals surface area contributed by atoms with E-state index >= 15 is 0 Å². The third-order valence-corrected chi connectivity index (χ3v) is 7.73. The van der Waals surface area contributed by atoms with Gasteiger partial charge in [-0.05, 0) is 99.3 Å². The maximum Gasteiger partial charge on any atom is 0.433 e. The predicted octanol–water partition coefficient (Wildman–Crippen LogP) is 7.39. The van der Waals surface area contributed by atoms with Gasteiger partial charge in [0.05, 0.1) is 10.7 Å². The number of pyridine rings is 2. The van der Waals surface area contributed by atoms with Crippen LogP contribution in [0, 0.1) is 29.8 Å². The minimum absolute atomic E-state index is 0.345. The van der Waals surface area contributed by atoms with Gasteiger partial charge >= 0.3 is 6.18 Å². The molecule has 0 amide bonds. The van der Waals surface area contributed by atoms with Gasteiger partial charge in [-0.15, -0.1) is 0 Å². The number of aryl methyl sites for hydroxylation is 1. The van der Waals surface area contributed by atoms with Crippen LogP contribution in [0.3, 0.4) is 0 Å². The van der Waals surface area contributed by atoms with Crippen LogP contribution in [0.15, 0.2) is 95.2 Å². The van der Waals surface area contributed by atoms with Crippen molar-refractivity contribution in [2.75, 3.05) is 0 Å². The van der Waals surface area contributed by atoms with Crippen molar-refractivity contribution in [2.24, 2.45) is 9.98 Å². The molecule has 5 aromatic carbocycles. The molecule has 0 aliphatic rings. The van der Waals surface area contributed by atoms with Gasteiger partial charge in [-0.2, -0.15) is 33.7 Å². The van der Waals surface area contributed by atoms with Gasteiger partial charge in [0, 0.05) is 39.6 Å². The summed E-state index contributed by atoms with van der Waals surface area (Å²) in [4.78, 5) is 16.1. The van der Waals surface area contributed by atoms with Crippen LogP contribution in [-0.4, -0.2) is 9.97 Å². The molecule has 0 bridgehead atoms. The molecule has 0 aliphatic heterocycles. The molecule has 6 nitrogen and oxygen atoms in total. The second kappa shape index (κ2) is 9.57. The smallest absolute Gasteiger partial charge is 0.262 e. The van der Waals surface area contributed by atoms with E-state index < -0.39 is 11.9 Å². The lowest BCUT2D eigenvalue weighted by atomic mass is 10.0. The van der Waals surface area contributed by atoms with E-state index in [1.165, 1.54) is 6.07 Å². The third kappa shape index (κ3) is 4.18. The van der Waals surface area contributed by atoms with E-state index in [0.29, 0.717) is 27.2 Å². The Balaban J connectivity index is 1.51. The molecule has 0 fully saturated rings. The fourth-order valence-corrected chi connectivity index (χ4v) is 5.87. The number of nitriles is 2. The number of nitrogens with zero attached hydrogens (tertiary/aromatic N) is 6. The van der Waals surface area contributed by atoms with Crippen LogP contribution in [0.5, 0.6) is 0 Å². The van der Waals surface area contributed by atoms with E-state index in [1.54, 1.807) is 18.3 Å². The van der Waals surface area contributed by atoms with Gasteiger partial charge in [-0.3, -0.25) is 9.97 Å². The van der Waals surface area contributed by atoms with E-state index in [2.05, 4.69) is 20.0 Å². The van der Waals surface area contributed by atoms with Crippen LogP contribution in [0.2, 0.25) is 0 Å². The summed E-state index contributed by atoms with van der Waals surface area (Å²) in [5, 5.41) is 26.4. The van der Waals surface area contributed by atoms with E-state index in [9.17, 15) is 23.7 Å². The molecular formula is C34H17F3N6. The van der Waals surface area contributed by atoms with Crippen LogP contribution in [0.1, 0.15) is 11.4 Å². The highest BCUT2D eigenvalue weighted by molar-refractivity contribution is 6.21. The van der Waals surface area contributed by atoms with Crippen molar-refractivity contribution in [3.8, 4) is 34.6 Å². The Hall–Kier alpha value is -5.93. The van der Waals surface area contributed by atoms with Crippen molar-refractivity contribution in [1.29, 1.82) is 10.5 Å². The lowest BCUT2D eigenvalue weighted by molar-refractivity contribution is -0.141. The monoisotopic (exact) mass is 566 g/mol. The summed E-state index contributed by atoms with van der Waals surface area (Å²) in [6, 6.07) is 21.6. The largest absolute Gasteiger partial charge is 0.433 e. The summed E-state index contributed by atoms with van der Waals surface area (Å²) in [5.74, 6) is 0. The van der Waals surface area contributed by atoms with Crippen LogP contribution in [-0.2, 0) is 6.18 Å². The van der Waals surface area contributed by atoms with Gasteiger partial charge in [0.2, 0.25) is 12.4 Å². The molecule has 9 heteroatoms. The number of aromatic nitrogens is 2. The van der Waals surface area contributed by atoms with Crippen LogP contribution < -0.4 is 10.7 Å². The first-order valence-corrected chi connectivity index (χ1v) is 13.2. The SMILES string of the molecule is Cc1cc(-c2ccc3c(c2)c(=NC#N)c2cc4c(cc23)c(=NC#N)c2cc(-c3ccnc(C(F)(F)F)c3)ccc24)ccn1. The number of halogens is 3. The highest BCUT2D eigenvalue weighted by atomic mass is 19.4. The molecule has 0 unspecified atom stereocenters. The molecule has 0 radical (unpaired) electrons. The molecule has 7 rings (SSSR count). The highest BCUT2D eigenvalue weighted by Gasteiger charge is 2.32. The van der Waals surface area contributed by atoms with Crippen LogP contribution in [0.4, 0.5) is 13.2 Å². The number of hydrogen-bond acceptors (Lipinski definition) is 6. The molecule has 2 aromatic heterocycles. The van der Waals surface area contributed by atoms with Gasteiger partial charge in [0.25, 0.3) is 0 Å². The zero-order chi connectivity index (χ0) is 29.9. The lowest BCUT2D eigenvalue weighted by Gasteiger charge is -2.08. The average Bonchev–Trinajstić information content (AvgIpc) is 3.47. The van der Waals surface area contributed by atoms with E-state index in [4.69, 9.17) is 0 Å². The first-order valence-electron chi connectivity index (χ1n) is 13.2. The molecule has 43 heavy (non-hydrogen) atoms. The first kappa shape index (κ1) is 26.0. The van der Waals surface area contributed by atoms with Gasteiger partial charge in [-0.25, -0.2) is 0 Å². The molecule has 0 saturated heterocycles. The first-order chi connectivity index (χ1) is 20.8. The maximum atomic E-state index is 13.3. The topological polar surface area (TPSA) is 98.1 Å². The molecule has 0 saturated carbocycles. The molecule has 0 spiro atoms. The van der Waals surface area contributed by atoms with Crippen LogP contribution >= 0.6 is 0 Å². The minimum atomic E-state index is -4.58. The van der Waals surface area contributed by atoms with Gasteiger partial charge in [-0.1, -0.05) is 24.3 Å².